The fourth-order valence-electron chi connectivity index (χ4n) is 2.06. The molecular formula is C10H19N5O2S. The maximum Gasteiger partial charge on any atom is 0.249 e. The summed E-state index contributed by atoms with van der Waals surface area (Å²) in [5.74, 6) is 0.128. The van der Waals surface area contributed by atoms with Crippen LogP contribution in [0.15, 0.2) is 11.5 Å². The lowest BCUT2D eigenvalue weighted by Gasteiger charge is -2.26. The van der Waals surface area contributed by atoms with Gasteiger partial charge >= 0.3 is 0 Å². The van der Waals surface area contributed by atoms with Gasteiger partial charge in [0.25, 0.3) is 0 Å². The number of sulfone groups is 1. The van der Waals surface area contributed by atoms with E-state index < -0.39 is 9.84 Å². The lowest BCUT2D eigenvalue weighted by Crippen LogP contribution is -2.44. The van der Waals surface area contributed by atoms with Crippen LogP contribution in [-0.2, 0) is 16.9 Å². The summed E-state index contributed by atoms with van der Waals surface area (Å²) in [6, 6.07) is 0. The van der Waals surface area contributed by atoms with Crippen molar-refractivity contribution in [3.05, 3.63) is 6.33 Å². The molecule has 1 aliphatic rings. The zero-order chi connectivity index (χ0) is 13.0. The molecule has 0 bridgehead atoms. The molecular weight excluding hydrogens is 254 g/mol. The minimum atomic E-state index is -3.30. The monoisotopic (exact) mass is 273 g/mol. The SMILES string of the molecule is Cn1cnnc1S(=O)(=O)CCCN1CCNCC1. The van der Waals surface area contributed by atoms with Gasteiger partial charge in [-0.3, -0.25) is 0 Å². The molecule has 0 amide bonds. The van der Waals surface area contributed by atoms with Crippen molar-refractivity contribution in [2.45, 2.75) is 11.6 Å². The number of piperazine rings is 1. The third-order valence-corrected chi connectivity index (χ3v) is 4.80. The van der Waals surface area contributed by atoms with Gasteiger partial charge in [-0.25, -0.2) is 8.42 Å². The van der Waals surface area contributed by atoms with Crippen LogP contribution in [0.3, 0.4) is 0 Å². The van der Waals surface area contributed by atoms with Gasteiger partial charge in [-0.1, -0.05) is 0 Å². The Morgan fingerprint density at radius 2 is 2.11 bits per heavy atom. The Morgan fingerprint density at radius 3 is 2.72 bits per heavy atom. The van der Waals surface area contributed by atoms with Crippen molar-refractivity contribution in [3.8, 4) is 0 Å². The van der Waals surface area contributed by atoms with E-state index in [0.717, 1.165) is 32.7 Å². The minimum absolute atomic E-state index is 0.0582. The van der Waals surface area contributed by atoms with Crippen molar-refractivity contribution < 1.29 is 8.42 Å². The first-order valence-electron chi connectivity index (χ1n) is 6.09. The molecule has 1 aromatic heterocycles. The van der Waals surface area contributed by atoms with Crippen LogP contribution in [0.25, 0.3) is 0 Å². The highest BCUT2D eigenvalue weighted by Gasteiger charge is 2.20. The van der Waals surface area contributed by atoms with Crippen molar-refractivity contribution in [1.29, 1.82) is 0 Å². The molecule has 1 saturated heterocycles. The van der Waals surface area contributed by atoms with Crippen LogP contribution in [0.1, 0.15) is 6.42 Å². The van der Waals surface area contributed by atoms with Crippen LogP contribution >= 0.6 is 0 Å². The average molecular weight is 273 g/mol. The highest BCUT2D eigenvalue weighted by molar-refractivity contribution is 7.91. The number of aromatic nitrogens is 3. The van der Waals surface area contributed by atoms with Gasteiger partial charge in [0, 0.05) is 33.2 Å². The van der Waals surface area contributed by atoms with Gasteiger partial charge in [-0.2, -0.15) is 0 Å². The van der Waals surface area contributed by atoms with E-state index in [1.807, 2.05) is 0 Å². The van der Waals surface area contributed by atoms with Crippen LogP contribution < -0.4 is 5.32 Å². The molecule has 7 nitrogen and oxygen atoms in total. The number of aryl methyl sites for hydroxylation is 1. The Kier molecular flexibility index (Phi) is 4.31. The zero-order valence-electron chi connectivity index (χ0n) is 10.5. The number of rotatable bonds is 5. The Labute approximate surface area is 107 Å². The standard InChI is InChI=1S/C10H19N5O2S/c1-14-9-12-13-10(14)18(16,17)8-2-5-15-6-3-11-4-7-15/h9,11H,2-8H2,1H3. The molecule has 0 spiro atoms. The molecule has 2 heterocycles. The summed E-state index contributed by atoms with van der Waals surface area (Å²) in [5.41, 5.74) is 0. The van der Waals surface area contributed by atoms with Gasteiger partial charge in [0.1, 0.15) is 6.33 Å². The summed E-state index contributed by atoms with van der Waals surface area (Å²) in [6.45, 7) is 4.76. The van der Waals surface area contributed by atoms with E-state index in [9.17, 15) is 8.42 Å². The van der Waals surface area contributed by atoms with Gasteiger partial charge in [-0.15, -0.1) is 10.2 Å². The quantitative estimate of drug-likeness (QED) is 0.732. The van der Waals surface area contributed by atoms with Gasteiger partial charge in [0.05, 0.1) is 5.75 Å². The van der Waals surface area contributed by atoms with Crippen LogP contribution in [-0.4, -0.2) is 66.6 Å². The maximum atomic E-state index is 12.0. The summed E-state index contributed by atoms with van der Waals surface area (Å²) >= 11 is 0. The Balaban J connectivity index is 1.84. The summed E-state index contributed by atoms with van der Waals surface area (Å²) in [6.07, 6.45) is 2.04. The van der Waals surface area contributed by atoms with Crippen LogP contribution in [0.2, 0.25) is 0 Å². The van der Waals surface area contributed by atoms with E-state index >= 15 is 0 Å². The topological polar surface area (TPSA) is 80.1 Å². The summed E-state index contributed by atoms with van der Waals surface area (Å²) in [4.78, 5) is 2.28. The predicted octanol–water partition coefficient (Wildman–Crippen LogP) is -1.12. The summed E-state index contributed by atoms with van der Waals surface area (Å²) in [7, 11) is -1.66. The van der Waals surface area contributed by atoms with Gasteiger partial charge in [0.2, 0.25) is 15.0 Å². The van der Waals surface area contributed by atoms with Crippen molar-refractivity contribution in [3.63, 3.8) is 0 Å². The molecule has 0 atom stereocenters. The summed E-state index contributed by atoms with van der Waals surface area (Å²) in [5, 5.41) is 10.6. The Morgan fingerprint density at radius 1 is 1.39 bits per heavy atom. The number of hydrogen-bond donors (Lipinski definition) is 1. The minimum Gasteiger partial charge on any atom is -0.314 e. The van der Waals surface area contributed by atoms with Crippen molar-refractivity contribution in [2.75, 3.05) is 38.5 Å². The first kappa shape index (κ1) is 13.4. The molecule has 102 valence electrons. The first-order chi connectivity index (χ1) is 8.59. The molecule has 18 heavy (non-hydrogen) atoms. The van der Waals surface area contributed by atoms with E-state index in [1.165, 1.54) is 10.9 Å². The molecule has 1 fully saturated rings. The smallest absolute Gasteiger partial charge is 0.249 e. The van der Waals surface area contributed by atoms with Crippen LogP contribution in [0.4, 0.5) is 0 Å². The molecule has 0 unspecified atom stereocenters. The second kappa shape index (κ2) is 5.77. The van der Waals surface area contributed by atoms with Crippen LogP contribution in [0.5, 0.6) is 0 Å². The number of nitrogens with zero attached hydrogens (tertiary/aromatic N) is 4. The van der Waals surface area contributed by atoms with Crippen LogP contribution in [0, 0.1) is 0 Å². The van der Waals surface area contributed by atoms with Gasteiger partial charge in [-0.05, 0) is 13.0 Å². The second-order valence-electron chi connectivity index (χ2n) is 4.49. The largest absolute Gasteiger partial charge is 0.314 e. The third kappa shape index (κ3) is 3.27. The fraction of sp³-hybridized carbons (Fsp3) is 0.800. The normalized spacial score (nSPS) is 18.1. The number of hydrogen-bond acceptors (Lipinski definition) is 6. The van der Waals surface area contributed by atoms with E-state index in [-0.39, 0.29) is 10.9 Å². The molecule has 2 rings (SSSR count). The third-order valence-electron chi connectivity index (χ3n) is 3.05. The van der Waals surface area contributed by atoms with Gasteiger partial charge in [0.15, 0.2) is 0 Å². The highest BCUT2D eigenvalue weighted by Crippen LogP contribution is 2.07. The fourth-order valence-corrected chi connectivity index (χ4v) is 3.41. The Hall–Kier alpha value is -0.990. The van der Waals surface area contributed by atoms with E-state index in [0.29, 0.717) is 6.42 Å². The zero-order valence-corrected chi connectivity index (χ0v) is 11.4. The molecule has 1 aliphatic heterocycles. The van der Waals surface area contributed by atoms with Gasteiger partial charge < -0.3 is 14.8 Å². The van der Waals surface area contributed by atoms with E-state index in [4.69, 9.17) is 0 Å². The van der Waals surface area contributed by atoms with Crippen molar-refractivity contribution >= 4 is 9.84 Å². The second-order valence-corrected chi connectivity index (χ2v) is 6.49. The highest BCUT2D eigenvalue weighted by atomic mass is 32.2. The molecule has 8 heteroatoms. The van der Waals surface area contributed by atoms with Crippen molar-refractivity contribution in [2.24, 2.45) is 7.05 Å². The predicted molar refractivity (Wildman–Crippen MR) is 67.0 cm³/mol. The maximum absolute atomic E-state index is 12.0. The molecule has 1 aromatic rings. The lowest BCUT2D eigenvalue weighted by atomic mass is 10.3. The molecule has 0 aromatic carbocycles. The average Bonchev–Trinajstić information content (AvgIpc) is 2.77. The van der Waals surface area contributed by atoms with Crippen molar-refractivity contribution in [1.82, 2.24) is 25.0 Å². The van der Waals surface area contributed by atoms with E-state index in [1.54, 1.807) is 7.05 Å². The molecule has 0 radical (unpaired) electrons. The lowest BCUT2D eigenvalue weighted by molar-refractivity contribution is 0.242. The number of nitrogens with one attached hydrogen (secondary N) is 1. The molecule has 1 N–H and O–H groups in total. The Bertz CT molecular complexity index is 478. The summed E-state index contributed by atoms with van der Waals surface area (Å²) < 4.78 is 25.4. The first-order valence-corrected chi connectivity index (χ1v) is 7.75. The molecule has 0 saturated carbocycles. The van der Waals surface area contributed by atoms with E-state index in [2.05, 4.69) is 20.4 Å². The molecule has 0 aliphatic carbocycles.